The number of pyridine rings is 1. The van der Waals surface area contributed by atoms with Crippen molar-refractivity contribution < 1.29 is 9.53 Å². The van der Waals surface area contributed by atoms with Crippen LogP contribution >= 0.6 is 0 Å². The molecule has 2 aliphatic heterocycles. The Morgan fingerprint density at radius 1 is 1.30 bits per heavy atom. The van der Waals surface area contributed by atoms with Crippen molar-refractivity contribution in [1.29, 1.82) is 0 Å². The highest BCUT2D eigenvalue weighted by Crippen LogP contribution is 2.26. The molecule has 1 atom stereocenters. The highest BCUT2D eigenvalue weighted by molar-refractivity contribution is 5.83. The lowest BCUT2D eigenvalue weighted by Gasteiger charge is -2.30. The van der Waals surface area contributed by atoms with Gasteiger partial charge in [0.1, 0.15) is 6.10 Å². The molecule has 5 nitrogen and oxygen atoms in total. The lowest BCUT2D eigenvalue weighted by molar-refractivity contribution is -0.141. The molecule has 120 valence electrons. The summed E-state index contributed by atoms with van der Waals surface area (Å²) in [4.78, 5) is 29.1. The van der Waals surface area contributed by atoms with Gasteiger partial charge in [-0.3, -0.25) is 9.59 Å². The lowest BCUT2D eigenvalue weighted by atomic mass is 9.96. The van der Waals surface area contributed by atoms with E-state index in [1.54, 1.807) is 0 Å². The predicted octanol–water partition coefficient (Wildman–Crippen LogP) is 1.90. The fraction of sp³-hybridized carbons (Fsp3) is 0.444. The zero-order chi connectivity index (χ0) is 16.0. The number of H-pyrrole nitrogens is 1. The van der Waals surface area contributed by atoms with Crippen LogP contribution in [0.4, 0.5) is 0 Å². The second-order valence-electron chi connectivity index (χ2n) is 6.50. The van der Waals surface area contributed by atoms with E-state index in [2.05, 4.69) is 11.1 Å². The summed E-state index contributed by atoms with van der Waals surface area (Å²) >= 11 is 0. The molecular formula is C18H20N2O3. The van der Waals surface area contributed by atoms with Crippen LogP contribution in [0.25, 0.3) is 10.9 Å². The summed E-state index contributed by atoms with van der Waals surface area (Å²) in [5.41, 5.74) is 3.89. The molecule has 2 aliphatic rings. The number of benzene rings is 1. The van der Waals surface area contributed by atoms with Crippen molar-refractivity contribution in [3.05, 3.63) is 45.2 Å². The summed E-state index contributed by atoms with van der Waals surface area (Å²) in [5, 5.41) is 1.06. The number of aryl methyl sites for hydroxylation is 1. The summed E-state index contributed by atoms with van der Waals surface area (Å²) in [6.07, 6.45) is 2.37. The predicted molar refractivity (Wildman–Crippen MR) is 87.4 cm³/mol. The third-order valence-electron chi connectivity index (χ3n) is 4.88. The molecule has 0 radical (unpaired) electrons. The van der Waals surface area contributed by atoms with Crippen molar-refractivity contribution in [2.24, 2.45) is 0 Å². The van der Waals surface area contributed by atoms with Crippen LogP contribution in [0.5, 0.6) is 0 Å². The molecular weight excluding hydrogens is 292 g/mol. The number of nitrogens with zero attached hydrogens (tertiary/aromatic N) is 1. The van der Waals surface area contributed by atoms with Gasteiger partial charge in [0.25, 0.3) is 11.5 Å². The summed E-state index contributed by atoms with van der Waals surface area (Å²) in [7, 11) is 0. The maximum atomic E-state index is 12.5. The minimum atomic E-state index is -0.264. The topological polar surface area (TPSA) is 62.4 Å². The molecule has 3 heterocycles. The van der Waals surface area contributed by atoms with Gasteiger partial charge in [-0.1, -0.05) is 0 Å². The Labute approximate surface area is 134 Å². The van der Waals surface area contributed by atoms with Crippen LogP contribution in [0, 0.1) is 6.92 Å². The van der Waals surface area contributed by atoms with Crippen LogP contribution in [0.15, 0.2) is 23.0 Å². The Bertz CT molecular complexity index is 834. The maximum absolute atomic E-state index is 12.5. The number of hydrogen-bond acceptors (Lipinski definition) is 3. The van der Waals surface area contributed by atoms with Crippen LogP contribution in [-0.2, 0) is 22.5 Å². The van der Waals surface area contributed by atoms with Crippen molar-refractivity contribution in [3.63, 3.8) is 0 Å². The van der Waals surface area contributed by atoms with Gasteiger partial charge in [-0.05, 0) is 60.9 Å². The Morgan fingerprint density at radius 3 is 2.96 bits per heavy atom. The third-order valence-corrected chi connectivity index (χ3v) is 4.88. The fourth-order valence-electron chi connectivity index (χ4n) is 3.54. The first-order valence-electron chi connectivity index (χ1n) is 8.17. The molecule has 1 amide bonds. The molecule has 1 N–H and O–H groups in total. The van der Waals surface area contributed by atoms with Gasteiger partial charge in [0.15, 0.2) is 0 Å². The van der Waals surface area contributed by atoms with E-state index in [1.807, 2.05) is 24.0 Å². The molecule has 1 aromatic carbocycles. The Hall–Kier alpha value is -2.14. The van der Waals surface area contributed by atoms with Crippen molar-refractivity contribution in [2.45, 2.75) is 38.8 Å². The number of hydrogen-bond donors (Lipinski definition) is 1. The number of ether oxygens (including phenoxy) is 1. The van der Waals surface area contributed by atoms with Gasteiger partial charge >= 0.3 is 0 Å². The van der Waals surface area contributed by atoms with Crippen LogP contribution < -0.4 is 5.56 Å². The molecule has 1 unspecified atom stereocenters. The number of carbonyl (C=O) groups is 1. The molecule has 0 aliphatic carbocycles. The maximum Gasteiger partial charge on any atom is 0.252 e. The number of aromatic nitrogens is 1. The minimum Gasteiger partial charge on any atom is -0.368 e. The first-order chi connectivity index (χ1) is 11.1. The molecule has 1 saturated heterocycles. The number of aromatic amines is 1. The molecule has 5 heteroatoms. The lowest BCUT2D eigenvalue weighted by Crippen LogP contribution is -2.41. The van der Waals surface area contributed by atoms with Gasteiger partial charge in [0.05, 0.1) is 0 Å². The van der Waals surface area contributed by atoms with Crippen molar-refractivity contribution in [1.82, 2.24) is 9.88 Å². The summed E-state index contributed by atoms with van der Waals surface area (Å²) in [6.45, 7) is 3.84. The monoisotopic (exact) mass is 312 g/mol. The largest absolute Gasteiger partial charge is 0.368 e. The fourth-order valence-corrected chi connectivity index (χ4v) is 3.54. The Balaban J connectivity index is 1.66. The standard InChI is InChI=1S/C18H20N2O3/c1-11-7-13-8-12-4-5-20(18(22)16-3-2-6-23-16)10-14(12)9-15(13)19-17(11)21/h7-9,16H,2-6,10H2,1H3,(H,19,21). The van der Waals surface area contributed by atoms with E-state index < -0.39 is 0 Å². The van der Waals surface area contributed by atoms with E-state index in [0.717, 1.165) is 47.8 Å². The minimum absolute atomic E-state index is 0.0550. The van der Waals surface area contributed by atoms with E-state index in [-0.39, 0.29) is 17.6 Å². The summed E-state index contributed by atoms with van der Waals surface area (Å²) in [6, 6.07) is 6.08. The second kappa shape index (κ2) is 5.49. The van der Waals surface area contributed by atoms with Crippen LogP contribution in [0.1, 0.15) is 29.5 Å². The van der Waals surface area contributed by atoms with E-state index in [0.29, 0.717) is 13.2 Å². The molecule has 0 spiro atoms. The first kappa shape index (κ1) is 14.5. The number of amides is 1. The number of carbonyl (C=O) groups excluding carboxylic acids is 1. The smallest absolute Gasteiger partial charge is 0.252 e. The Kier molecular flexibility index (Phi) is 3.45. The van der Waals surface area contributed by atoms with Crippen LogP contribution in [0.2, 0.25) is 0 Å². The van der Waals surface area contributed by atoms with Crippen LogP contribution in [0.3, 0.4) is 0 Å². The van der Waals surface area contributed by atoms with Gasteiger partial charge in [0.2, 0.25) is 0 Å². The molecule has 1 aromatic heterocycles. The van der Waals surface area contributed by atoms with Crippen molar-refractivity contribution >= 4 is 16.8 Å². The van der Waals surface area contributed by atoms with Crippen molar-refractivity contribution in [3.8, 4) is 0 Å². The summed E-state index contributed by atoms with van der Waals surface area (Å²) < 4.78 is 5.52. The van der Waals surface area contributed by atoms with Gasteiger partial charge in [0, 0.05) is 30.8 Å². The Morgan fingerprint density at radius 2 is 2.17 bits per heavy atom. The zero-order valence-electron chi connectivity index (χ0n) is 13.2. The van der Waals surface area contributed by atoms with Crippen LogP contribution in [-0.4, -0.2) is 35.0 Å². The summed E-state index contributed by atoms with van der Waals surface area (Å²) in [5.74, 6) is 0.102. The number of fused-ring (bicyclic) bond motifs is 2. The normalized spacial score (nSPS) is 20.7. The van der Waals surface area contributed by atoms with Crippen molar-refractivity contribution in [2.75, 3.05) is 13.2 Å². The van der Waals surface area contributed by atoms with E-state index >= 15 is 0 Å². The molecule has 0 saturated carbocycles. The number of rotatable bonds is 1. The van der Waals surface area contributed by atoms with E-state index in [1.165, 1.54) is 5.56 Å². The molecule has 23 heavy (non-hydrogen) atoms. The van der Waals surface area contributed by atoms with E-state index in [9.17, 15) is 9.59 Å². The first-order valence-corrected chi connectivity index (χ1v) is 8.17. The van der Waals surface area contributed by atoms with E-state index in [4.69, 9.17) is 4.74 Å². The average molecular weight is 312 g/mol. The molecule has 1 fully saturated rings. The SMILES string of the molecule is Cc1cc2cc3c(cc2[nH]c1=O)CN(C(=O)C1CCCO1)CC3. The van der Waals surface area contributed by atoms with Gasteiger partial charge < -0.3 is 14.6 Å². The van der Waals surface area contributed by atoms with Gasteiger partial charge in [-0.2, -0.15) is 0 Å². The quantitative estimate of drug-likeness (QED) is 0.875. The molecule has 0 bridgehead atoms. The highest BCUT2D eigenvalue weighted by Gasteiger charge is 2.30. The highest BCUT2D eigenvalue weighted by atomic mass is 16.5. The van der Waals surface area contributed by atoms with Gasteiger partial charge in [-0.25, -0.2) is 0 Å². The molecule has 4 rings (SSSR count). The molecule has 2 aromatic rings. The number of nitrogens with one attached hydrogen (secondary N) is 1. The van der Waals surface area contributed by atoms with Gasteiger partial charge in [-0.15, -0.1) is 0 Å². The third kappa shape index (κ3) is 2.55. The zero-order valence-corrected chi connectivity index (χ0v) is 13.2. The second-order valence-corrected chi connectivity index (χ2v) is 6.50. The average Bonchev–Trinajstić information content (AvgIpc) is 3.07.